The highest BCUT2D eigenvalue weighted by Crippen LogP contribution is 2.41. The van der Waals surface area contributed by atoms with Crippen LogP contribution in [0.1, 0.15) is 35.1 Å². The number of nitrogens with zero attached hydrogens (tertiary/aromatic N) is 3. The van der Waals surface area contributed by atoms with Crippen LogP contribution in [0, 0.1) is 12.7 Å². The molecule has 30 heavy (non-hydrogen) atoms. The van der Waals surface area contributed by atoms with Crippen molar-refractivity contribution in [3.63, 3.8) is 0 Å². The molecule has 3 rings (SSSR count). The molecule has 2 aromatic rings. The van der Waals surface area contributed by atoms with Crippen molar-refractivity contribution >= 4 is 29.2 Å². The Bertz CT molecular complexity index is 1030. The smallest absolute Gasteiger partial charge is 0.425 e. The minimum Gasteiger partial charge on any atom is -0.452 e. The fraction of sp³-hybridized carbons (Fsp3) is 0.333. The molecule has 1 aromatic carbocycles. The van der Waals surface area contributed by atoms with Crippen LogP contribution in [0.5, 0.6) is 0 Å². The highest BCUT2D eigenvalue weighted by atomic mass is 35.5. The second kappa shape index (κ2) is 7.71. The molecule has 1 amide bonds. The number of amidine groups is 1. The van der Waals surface area contributed by atoms with Gasteiger partial charge < -0.3 is 15.8 Å². The number of hydrogen-bond donors (Lipinski definition) is 2. The zero-order valence-electron chi connectivity index (χ0n) is 15.7. The molecule has 2 atom stereocenters. The molecule has 1 aliphatic rings. The zero-order chi connectivity index (χ0) is 22.3. The predicted octanol–water partition coefficient (Wildman–Crippen LogP) is 3.71. The Hall–Kier alpha value is -2.95. The van der Waals surface area contributed by atoms with Gasteiger partial charge in [-0.15, -0.1) is 0 Å². The first-order valence-corrected chi connectivity index (χ1v) is 8.96. The molecule has 12 heteroatoms. The van der Waals surface area contributed by atoms with Crippen LogP contribution in [0.2, 0.25) is 5.15 Å². The molecular weight excluding hydrogens is 430 g/mol. The Kier molecular flexibility index (Phi) is 5.59. The van der Waals surface area contributed by atoms with Crippen molar-refractivity contribution in [3.8, 4) is 0 Å². The van der Waals surface area contributed by atoms with Crippen LogP contribution < -0.4 is 11.1 Å². The van der Waals surface area contributed by atoms with Gasteiger partial charge in [0.1, 0.15) is 16.7 Å². The number of benzene rings is 1. The minimum absolute atomic E-state index is 0.0121. The summed E-state index contributed by atoms with van der Waals surface area (Å²) in [6.07, 6.45) is -6.45. The lowest BCUT2D eigenvalue weighted by Gasteiger charge is -2.36. The number of halogens is 5. The average Bonchev–Trinajstić information content (AvgIpc) is 2.61. The molecule has 0 radical (unpaired) electrons. The summed E-state index contributed by atoms with van der Waals surface area (Å²) in [5.74, 6) is -1.46. The lowest BCUT2D eigenvalue weighted by Crippen LogP contribution is -2.46. The molecule has 2 heterocycles. The molecule has 0 saturated heterocycles. The fourth-order valence-corrected chi connectivity index (χ4v) is 3.27. The van der Waals surface area contributed by atoms with Crippen LogP contribution in [-0.4, -0.2) is 34.2 Å². The van der Waals surface area contributed by atoms with Crippen molar-refractivity contribution in [1.29, 1.82) is 0 Å². The number of carbonyl (C=O) groups excluding carboxylic acids is 1. The van der Waals surface area contributed by atoms with E-state index < -0.39 is 42.0 Å². The first-order valence-electron chi connectivity index (χ1n) is 8.58. The van der Waals surface area contributed by atoms with E-state index in [9.17, 15) is 22.4 Å². The normalized spacial score (nSPS) is 21.6. The molecule has 3 N–H and O–H groups in total. The third-order valence-electron chi connectivity index (χ3n) is 4.50. The highest BCUT2D eigenvalue weighted by Gasteiger charge is 2.50. The summed E-state index contributed by atoms with van der Waals surface area (Å²) >= 11 is 5.72. The van der Waals surface area contributed by atoms with E-state index in [1.807, 2.05) is 0 Å². The van der Waals surface area contributed by atoms with E-state index in [0.29, 0.717) is 0 Å². The molecule has 0 unspecified atom stereocenters. The van der Waals surface area contributed by atoms with Gasteiger partial charge in [-0.05, 0) is 32.0 Å². The van der Waals surface area contributed by atoms with Gasteiger partial charge in [0.25, 0.3) is 11.9 Å². The molecule has 0 spiro atoms. The Balaban J connectivity index is 1.93. The number of ether oxygens (including phenoxy) is 1. The standard InChI is InChI=1S/C18H16ClF4N5O2/c1-8-14(25-7-13(19)26-8)15(29)27-9-3-4-11(20)10(5-9)17(2)6-12(18(21,22)23)30-16(24)28-17/h3-5,7,12H,6H2,1-2H3,(H2,24,28)(H,27,29)/t12-,17+/m1/s1. The van der Waals surface area contributed by atoms with Crippen molar-refractivity contribution < 1.29 is 27.1 Å². The number of anilines is 1. The monoisotopic (exact) mass is 445 g/mol. The van der Waals surface area contributed by atoms with Gasteiger partial charge in [-0.1, -0.05) is 11.6 Å². The van der Waals surface area contributed by atoms with E-state index >= 15 is 0 Å². The van der Waals surface area contributed by atoms with E-state index in [1.165, 1.54) is 32.2 Å². The van der Waals surface area contributed by atoms with Crippen LogP contribution in [0.25, 0.3) is 0 Å². The van der Waals surface area contributed by atoms with Gasteiger partial charge in [0.15, 0.2) is 6.10 Å². The molecule has 160 valence electrons. The van der Waals surface area contributed by atoms with Crippen LogP contribution >= 0.6 is 11.6 Å². The van der Waals surface area contributed by atoms with Gasteiger partial charge in [-0.3, -0.25) is 4.79 Å². The van der Waals surface area contributed by atoms with E-state index in [1.54, 1.807) is 0 Å². The number of aromatic nitrogens is 2. The van der Waals surface area contributed by atoms with Crippen molar-refractivity contribution in [2.45, 2.75) is 38.1 Å². The van der Waals surface area contributed by atoms with E-state index in [4.69, 9.17) is 17.3 Å². The van der Waals surface area contributed by atoms with Gasteiger partial charge in [-0.25, -0.2) is 19.4 Å². The summed E-state index contributed by atoms with van der Waals surface area (Å²) in [7, 11) is 0. The number of nitrogens with two attached hydrogens (primary N) is 1. The highest BCUT2D eigenvalue weighted by molar-refractivity contribution is 6.29. The minimum atomic E-state index is -4.71. The topological polar surface area (TPSA) is 102 Å². The molecule has 7 nitrogen and oxygen atoms in total. The van der Waals surface area contributed by atoms with Crippen molar-refractivity contribution in [1.82, 2.24) is 9.97 Å². The average molecular weight is 446 g/mol. The quantitative estimate of drug-likeness (QED) is 0.701. The first-order chi connectivity index (χ1) is 13.9. The number of aliphatic imine (C=N–C) groups is 1. The molecule has 0 aliphatic carbocycles. The first kappa shape index (κ1) is 21.8. The number of nitrogens with one attached hydrogen (secondary N) is 1. The predicted molar refractivity (Wildman–Crippen MR) is 101 cm³/mol. The maximum Gasteiger partial charge on any atom is 0.425 e. The van der Waals surface area contributed by atoms with Crippen LogP contribution in [0.4, 0.5) is 23.2 Å². The van der Waals surface area contributed by atoms with Crippen molar-refractivity contribution in [2.75, 3.05) is 5.32 Å². The van der Waals surface area contributed by atoms with Crippen molar-refractivity contribution in [3.05, 3.63) is 52.3 Å². The lowest BCUT2D eigenvalue weighted by atomic mass is 9.85. The second-order valence-electron chi connectivity index (χ2n) is 6.85. The fourth-order valence-electron chi connectivity index (χ4n) is 3.10. The van der Waals surface area contributed by atoms with Gasteiger partial charge in [0.05, 0.1) is 17.4 Å². The van der Waals surface area contributed by atoms with Gasteiger partial charge in [-0.2, -0.15) is 13.2 Å². The van der Waals surface area contributed by atoms with Gasteiger partial charge >= 0.3 is 6.18 Å². The van der Waals surface area contributed by atoms with Gasteiger partial charge in [0, 0.05) is 17.7 Å². The molecular formula is C18H16ClF4N5O2. The zero-order valence-corrected chi connectivity index (χ0v) is 16.5. The number of rotatable bonds is 3. The number of hydrogen-bond acceptors (Lipinski definition) is 6. The van der Waals surface area contributed by atoms with Crippen LogP contribution in [0.15, 0.2) is 29.4 Å². The largest absolute Gasteiger partial charge is 0.452 e. The third-order valence-corrected chi connectivity index (χ3v) is 4.69. The Morgan fingerprint density at radius 3 is 2.73 bits per heavy atom. The second-order valence-corrected chi connectivity index (χ2v) is 7.24. The molecule has 1 aromatic heterocycles. The summed E-state index contributed by atoms with van der Waals surface area (Å²) in [5, 5.41) is 2.62. The van der Waals surface area contributed by atoms with E-state index in [-0.39, 0.29) is 27.8 Å². The summed E-state index contributed by atoms with van der Waals surface area (Å²) in [5.41, 5.74) is 3.95. The summed E-state index contributed by atoms with van der Waals surface area (Å²) in [4.78, 5) is 24.2. The molecule has 0 saturated carbocycles. The van der Waals surface area contributed by atoms with Crippen LogP contribution in [-0.2, 0) is 10.3 Å². The third kappa shape index (κ3) is 4.45. The maximum atomic E-state index is 14.5. The number of aryl methyl sites for hydroxylation is 1. The summed E-state index contributed by atoms with van der Waals surface area (Å²) < 4.78 is 58.6. The number of alkyl halides is 3. The van der Waals surface area contributed by atoms with Gasteiger partial charge in [0.2, 0.25) is 0 Å². The van der Waals surface area contributed by atoms with E-state index in [0.717, 1.165) is 6.07 Å². The summed E-state index contributed by atoms with van der Waals surface area (Å²) in [6, 6.07) is 2.76. The van der Waals surface area contributed by atoms with E-state index in [2.05, 4.69) is 25.0 Å². The number of amides is 1. The molecule has 1 aliphatic heterocycles. The lowest BCUT2D eigenvalue weighted by molar-refractivity contribution is -0.208. The molecule has 0 fully saturated rings. The Morgan fingerprint density at radius 2 is 2.10 bits per heavy atom. The molecule has 0 bridgehead atoms. The summed E-state index contributed by atoms with van der Waals surface area (Å²) in [6.45, 7) is 2.83. The van der Waals surface area contributed by atoms with Crippen LogP contribution in [0.3, 0.4) is 0 Å². The maximum absolute atomic E-state index is 14.5. The van der Waals surface area contributed by atoms with Crippen molar-refractivity contribution in [2.24, 2.45) is 10.7 Å². The Morgan fingerprint density at radius 1 is 1.40 bits per heavy atom. The Labute approximate surface area is 173 Å². The number of carbonyl (C=O) groups is 1. The SMILES string of the molecule is Cc1nc(Cl)cnc1C(=O)Nc1ccc(F)c([C@]2(C)C[C@H](C(F)(F)F)OC(N)=N2)c1.